The highest BCUT2D eigenvalue weighted by molar-refractivity contribution is 5.92. The van der Waals surface area contributed by atoms with Gasteiger partial charge in [-0.15, -0.1) is 0 Å². The third-order valence-electron chi connectivity index (χ3n) is 11.5. The number of hydrogen-bond acceptors (Lipinski definition) is 15. The summed E-state index contributed by atoms with van der Waals surface area (Å²) in [5, 5.41) is 72.0. The van der Waals surface area contributed by atoms with Gasteiger partial charge in [0.1, 0.15) is 67.4 Å². The van der Waals surface area contributed by atoms with Gasteiger partial charge in [-0.3, -0.25) is 28.8 Å². The highest BCUT2D eigenvalue weighted by Crippen LogP contribution is 2.30. The van der Waals surface area contributed by atoms with E-state index in [1.807, 2.05) is 0 Å². The molecule has 2 rings (SSSR count). The molecule has 0 unspecified atom stereocenters. The van der Waals surface area contributed by atoms with Crippen LogP contribution in [0.4, 0.5) is 0 Å². The minimum Gasteiger partial charge on any atom is -0.481 e. The molecule has 12 N–H and O–H groups in total. The number of aliphatic carboxylic acids is 1. The Balaban J connectivity index is 2.10. The van der Waals surface area contributed by atoms with Gasteiger partial charge in [0.25, 0.3) is 0 Å². The number of hydrogen-bond donors (Lipinski definition) is 11. The maximum absolute atomic E-state index is 13.2. The van der Waals surface area contributed by atoms with Gasteiger partial charge in [0.2, 0.25) is 29.5 Å². The van der Waals surface area contributed by atoms with E-state index in [0.717, 1.165) is 32.6 Å². The van der Waals surface area contributed by atoms with Crippen molar-refractivity contribution in [2.75, 3.05) is 19.8 Å². The molecule has 0 saturated carbocycles. The number of carbonyl (C=O) groups is 6. The monoisotopic (exact) mass is 920 g/mol. The van der Waals surface area contributed by atoms with Gasteiger partial charge in [-0.1, -0.05) is 104 Å². The normalized spacial score (nSPS) is 26.6. The fraction of sp³-hybridized carbons (Fsp3) is 0.860. The number of nitrogens with one attached hydrogen (secondary N) is 4. The molecule has 0 aromatic heterocycles. The minimum absolute atomic E-state index is 0.0105. The third kappa shape index (κ3) is 20.3. The summed E-state index contributed by atoms with van der Waals surface area (Å²) >= 11 is 0. The number of unbranched alkanes of at least 4 members (excludes halogenated alkanes) is 14. The number of carboxylic acids is 1. The molecule has 2 saturated heterocycles. The largest absolute Gasteiger partial charge is 0.481 e. The first-order valence-electron chi connectivity index (χ1n) is 23.1. The summed E-state index contributed by atoms with van der Waals surface area (Å²) in [5.41, 5.74) is 5.32. The molecule has 0 radical (unpaired) electrons. The van der Waals surface area contributed by atoms with Crippen LogP contribution in [0.2, 0.25) is 0 Å². The van der Waals surface area contributed by atoms with Crippen LogP contribution in [0.25, 0.3) is 0 Å². The molecule has 0 aliphatic carbocycles. The molecule has 0 bridgehead atoms. The van der Waals surface area contributed by atoms with Crippen LogP contribution in [0, 0.1) is 0 Å². The van der Waals surface area contributed by atoms with Crippen LogP contribution in [-0.2, 0) is 47.7 Å². The predicted molar refractivity (Wildman–Crippen MR) is 230 cm³/mol. The maximum atomic E-state index is 13.2. The molecule has 2 fully saturated rings. The fourth-order valence-electron chi connectivity index (χ4n) is 7.83. The van der Waals surface area contributed by atoms with Gasteiger partial charge in [0.05, 0.1) is 13.2 Å². The van der Waals surface area contributed by atoms with Crippen molar-refractivity contribution in [2.24, 2.45) is 5.73 Å². The van der Waals surface area contributed by atoms with Crippen molar-refractivity contribution < 1.29 is 78.4 Å². The summed E-state index contributed by atoms with van der Waals surface area (Å²) in [5.74, 6) is -5.10. The lowest BCUT2D eigenvalue weighted by atomic mass is 9.94. The molecular formula is C43H77N5O16. The second-order valence-corrected chi connectivity index (χ2v) is 16.8. The molecule has 21 nitrogen and oxygen atoms in total. The lowest BCUT2D eigenvalue weighted by Crippen LogP contribution is -2.69. The molecule has 2 aliphatic rings. The van der Waals surface area contributed by atoms with Gasteiger partial charge in [-0.05, 0) is 19.3 Å². The van der Waals surface area contributed by atoms with Gasteiger partial charge in [0, 0.05) is 19.8 Å². The van der Waals surface area contributed by atoms with E-state index in [4.69, 9.17) is 29.8 Å². The number of nitrogens with two attached hydrogens (primary N) is 1. The van der Waals surface area contributed by atoms with Crippen molar-refractivity contribution in [1.82, 2.24) is 21.3 Å². The Morgan fingerprint density at radius 1 is 0.656 bits per heavy atom. The van der Waals surface area contributed by atoms with Crippen molar-refractivity contribution in [3.63, 3.8) is 0 Å². The number of carboxylic acid groups (broad SMARTS) is 1. The van der Waals surface area contributed by atoms with Gasteiger partial charge >= 0.3 is 5.97 Å². The average Bonchev–Trinajstić information content (AvgIpc) is 3.25. The first-order chi connectivity index (χ1) is 30.6. The van der Waals surface area contributed by atoms with Crippen LogP contribution in [0.15, 0.2) is 0 Å². The van der Waals surface area contributed by atoms with E-state index in [1.54, 1.807) is 6.92 Å². The molecule has 21 heteroatoms. The smallest absolute Gasteiger partial charge is 0.303 e. The SMILES string of the molecule is CCCCCCCCCCCCCCCCCC(=O)N[C@H]1[C@H](O[C@H]2[C@H](OCC(=O)N[C@@H](CC)C(=O)N[C@H](CCC(=O)O)C(N)=O)[C@@H](NC(C)=O)[C@H](O)O[C@@H]2CO)O[C@H](CO)[C@@H](O)[C@@H]1O. The van der Waals surface area contributed by atoms with E-state index in [-0.39, 0.29) is 19.3 Å². The lowest BCUT2D eigenvalue weighted by Gasteiger charge is -2.48. The fourth-order valence-corrected chi connectivity index (χ4v) is 7.83. The quantitative estimate of drug-likeness (QED) is 0.0383. The first kappa shape index (κ1) is 56.6. The molecule has 0 spiro atoms. The van der Waals surface area contributed by atoms with Gasteiger partial charge in [0.15, 0.2) is 12.6 Å². The van der Waals surface area contributed by atoms with Crippen LogP contribution >= 0.6 is 0 Å². The summed E-state index contributed by atoms with van der Waals surface area (Å²) in [7, 11) is 0. The molecule has 0 aromatic rings. The van der Waals surface area contributed by atoms with Crippen LogP contribution in [0.5, 0.6) is 0 Å². The summed E-state index contributed by atoms with van der Waals surface area (Å²) in [6, 6.07) is -5.49. The molecule has 12 atom stereocenters. The Hall–Kier alpha value is -3.54. The number of rotatable bonds is 33. The van der Waals surface area contributed by atoms with E-state index in [0.29, 0.717) is 6.42 Å². The second-order valence-electron chi connectivity index (χ2n) is 16.8. The summed E-state index contributed by atoms with van der Waals surface area (Å²) in [6.45, 7) is 2.45. The predicted octanol–water partition coefficient (Wildman–Crippen LogP) is -0.114. The molecule has 2 aliphatic heterocycles. The van der Waals surface area contributed by atoms with Crippen LogP contribution < -0.4 is 27.0 Å². The number of amides is 5. The number of aliphatic hydroxyl groups excluding tert-OH is 5. The average molecular weight is 920 g/mol. The molecule has 64 heavy (non-hydrogen) atoms. The maximum Gasteiger partial charge on any atom is 0.303 e. The Labute approximate surface area is 376 Å². The highest BCUT2D eigenvalue weighted by atomic mass is 16.7. The number of ether oxygens (including phenoxy) is 4. The van der Waals surface area contributed by atoms with Crippen LogP contribution in [0.3, 0.4) is 0 Å². The van der Waals surface area contributed by atoms with Gasteiger partial charge < -0.3 is 76.6 Å². The van der Waals surface area contributed by atoms with Crippen molar-refractivity contribution in [3.8, 4) is 0 Å². The van der Waals surface area contributed by atoms with E-state index in [1.165, 1.54) is 64.2 Å². The Morgan fingerprint density at radius 3 is 1.72 bits per heavy atom. The standard InChI is InChI=1S/C43H77N5O16/c1-4-6-7-8-9-10-11-12-13-14-15-16-17-18-19-20-31(52)48-34-37(57)36(56)29(23-49)63-43(34)64-38-30(24-50)62-42(60)35(45-26(3)51)39(38)61-25-32(53)46-27(5-2)41(59)47-28(40(44)58)21-22-33(54)55/h27-30,34-39,42-43,49-50,56-57,60H,4-25H2,1-3H3,(H2,44,58)(H,45,51)(H,46,53)(H,47,59)(H,48,52)(H,54,55)/t27-,28+,29+,30+,34+,35+,36+,37+,38+,39+,42+,43-/m0/s1. The Morgan fingerprint density at radius 2 is 1.22 bits per heavy atom. The lowest BCUT2D eigenvalue weighted by molar-refractivity contribution is -0.331. The van der Waals surface area contributed by atoms with E-state index < -0.39 is 135 Å². The van der Waals surface area contributed by atoms with Crippen molar-refractivity contribution in [1.29, 1.82) is 0 Å². The summed E-state index contributed by atoms with van der Waals surface area (Å²) in [6.07, 6.45) is 3.82. The number of carbonyl (C=O) groups excluding carboxylic acids is 5. The van der Waals surface area contributed by atoms with Crippen molar-refractivity contribution in [3.05, 3.63) is 0 Å². The van der Waals surface area contributed by atoms with Crippen molar-refractivity contribution in [2.45, 2.75) is 216 Å². The van der Waals surface area contributed by atoms with Crippen LogP contribution in [0.1, 0.15) is 143 Å². The molecular weight excluding hydrogens is 842 g/mol. The zero-order chi connectivity index (χ0) is 47.6. The Bertz CT molecular complexity index is 1410. The summed E-state index contributed by atoms with van der Waals surface area (Å²) < 4.78 is 23.5. The second kappa shape index (κ2) is 31.4. The molecule has 2 heterocycles. The van der Waals surface area contributed by atoms with Gasteiger partial charge in [-0.2, -0.15) is 0 Å². The first-order valence-corrected chi connectivity index (χ1v) is 23.1. The van der Waals surface area contributed by atoms with Crippen molar-refractivity contribution >= 4 is 35.5 Å². The Kier molecular flexibility index (Phi) is 27.8. The van der Waals surface area contributed by atoms with Gasteiger partial charge in [-0.25, -0.2) is 0 Å². The topological polar surface area (TPSA) is 335 Å². The number of aliphatic hydroxyl groups is 5. The molecule has 370 valence electrons. The minimum atomic E-state index is -1.82. The van der Waals surface area contributed by atoms with E-state index in [9.17, 15) is 54.3 Å². The highest BCUT2D eigenvalue weighted by Gasteiger charge is 2.52. The zero-order valence-corrected chi connectivity index (χ0v) is 37.8. The zero-order valence-electron chi connectivity index (χ0n) is 37.8. The number of primary amides is 1. The molecule has 0 aromatic carbocycles. The molecule has 5 amide bonds. The summed E-state index contributed by atoms with van der Waals surface area (Å²) in [4.78, 5) is 74.5. The van der Waals surface area contributed by atoms with E-state index in [2.05, 4.69) is 28.2 Å². The third-order valence-corrected chi connectivity index (χ3v) is 11.5. The van der Waals surface area contributed by atoms with Crippen LogP contribution in [-0.4, -0.2) is 159 Å². The van der Waals surface area contributed by atoms with E-state index >= 15 is 0 Å².